The molecule has 0 aliphatic carbocycles. The lowest BCUT2D eigenvalue weighted by molar-refractivity contribution is -0.144. The fraction of sp³-hybridized carbons (Fsp3) is 0.333. The molecule has 2 aliphatic heterocycles. The Labute approximate surface area is 134 Å². The first-order valence-electron chi connectivity index (χ1n) is 7.89. The molecule has 1 aromatic heterocycles. The van der Waals surface area contributed by atoms with Crippen LogP contribution in [0, 0.1) is 0 Å². The monoisotopic (exact) mass is 310 g/mol. The van der Waals surface area contributed by atoms with Gasteiger partial charge in [-0.05, 0) is 30.7 Å². The van der Waals surface area contributed by atoms with E-state index in [1.54, 1.807) is 6.07 Å². The summed E-state index contributed by atoms with van der Waals surface area (Å²) in [5.41, 5.74) is 2.57. The molecule has 0 N–H and O–H groups in total. The molecule has 2 atom stereocenters. The maximum atomic E-state index is 12.9. The zero-order valence-corrected chi connectivity index (χ0v) is 12.9. The molecule has 0 spiro atoms. The predicted octanol–water partition coefficient (Wildman–Crippen LogP) is 2.17. The number of benzene rings is 1. The van der Waals surface area contributed by atoms with Gasteiger partial charge in [-0.25, -0.2) is 4.79 Å². The van der Waals surface area contributed by atoms with Crippen LogP contribution >= 0.6 is 0 Å². The van der Waals surface area contributed by atoms with Crippen LogP contribution < -0.4 is 0 Å². The molecule has 0 saturated heterocycles. The molecule has 0 fully saturated rings. The lowest BCUT2D eigenvalue weighted by atomic mass is 9.97. The van der Waals surface area contributed by atoms with Crippen LogP contribution in [0.3, 0.4) is 0 Å². The van der Waals surface area contributed by atoms with E-state index in [1.807, 2.05) is 48.4 Å². The summed E-state index contributed by atoms with van der Waals surface area (Å²) < 4.78 is 7.57. The van der Waals surface area contributed by atoms with E-state index in [9.17, 15) is 9.59 Å². The zero-order chi connectivity index (χ0) is 16.0. The first-order valence-corrected chi connectivity index (χ1v) is 7.89. The minimum absolute atomic E-state index is 0.0119. The number of carbonyl (C=O) groups excluding carboxylic acids is 2. The number of rotatable bonds is 1. The van der Waals surface area contributed by atoms with Crippen LogP contribution in [0.4, 0.5) is 0 Å². The van der Waals surface area contributed by atoms with E-state index in [2.05, 4.69) is 4.57 Å². The van der Waals surface area contributed by atoms with Crippen molar-refractivity contribution in [3.05, 3.63) is 59.4 Å². The molecule has 1 amide bonds. The van der Waals surface area contributed by atoms with Crippen LogP contribution in [-0.4, -0.2) is 34.0 Å². The molecule has 1 aromatic carbocycles. The van der Waals surface area contributed by atoms with Crippen molar-refractivity contribution in [2.75, 3.05) is 6.54 Å². The van der Waals surface area contributed by atoms with Gasteiger partial charge in [-0.3, -0.25) is 4.79 Å². The van der Waals surface area contributed by atoms with E-state index in [1.165, 1.54) is 0 Å². The van der Waals surface area contributed by atoms with Gasteiger partial charge >= 0.3 is 5.97 Å². The lowest BCUT2D eigenvalue weighted by Crippen LogP contribution is -2.48. The number of hydrogen-bond acceptors (Lipinski definition) is 3. The van der Waals surface area contributed by atoms with Gasteiger partial charge in [-0.15, -0.1) is 0 Å². The highest BCUT2D eigenvalue weighted by Gasteiger charge is 2.37. The highest BCUT2D eigenvalue weighted by Crippen LogP contribution is 2.28. The summed E-state index contributed by atoms with van der Waals surface area (Å²) in [5.74, 6) is -0.508. The first-order chi connectivity index (χ1) is 11.1. The summed E-state index contributed by atoms with van der Waals surface area (Å²) in [5, 5.41) is 0. The van der Waals surface area contributed by atoms with Gasteiger partial charge in [0.2, 0.25) is 0 Å². The largest absolute Gasteiger partial charge is 0.448 e. The second-order valence-electron chi connectivity index (χ2n) is 6.09. The normalized spacial score (nSPS) is 23.0. The van der Waals surface area contributed by atoms with Crippen LogP contribution in [0.25, 0.3) is 0 Å². The van der Waals surface area contributed by atoms with Crippen LogP contribution in [0.15, 0.2) is 42.6 Å². The number of amides is 1. The number of cyclic esters (lactones) is 1. The fourth-order valence-corrected chi connectivity index (χ4v) is 3.53. The molecular formula is C18H18N2O3. The van der Waals surface area contributed by atoms with Crippen LogP contribution in [0.1, 0.15) is 34.6 Å². The van der Waals surface area contributed by atoms with Crippen LogP contribution in [0.2, 0.25) is 0 Å². The average Bonchev–Trinajstić information content (AvgIpc) is 3.04. The Bertz CT molecular complexity index is 780. The molecule has 3 heterocycles. The van der Waals surface area contributed by atoms with Crippen molar-refractivity contribution in [1.82, 2.24) is 9.47 Å². The predicted molar refractivity (Wildman–Crippen MR) is 83.9 cm³/mol. The molecule has 2 unspecified atom stereocenters. The second-order valence-corrected chi connectivity index (χ2v) is 6.09. The molecule has 5 heteroatoms. The highest BCUT2D eigenvalue weighted by atomic mass is 16.5. The third-order valence-electron chi connectivity index (χ3n) is 4.79. The molecule has 118 valence electrons. The number of ether oxygens (including phenoxy) is 1. The number of aromatic nitrogens is 1. The molecule has 0 radical (unpaired) electrons. The standard InChI is InChI=1S/C18H18N2O3/c1-12-15-7-4-8-19(15)9-10-20(12)17(21)16-11-13-5-2-3-6-14(13)18(22)23-16/h2-8,12,16H,9-11H2,1H3. The van der Waals surface area contributed by atoms with Crippen molar-refractivity contribution >= 4 is 11.9 Å². The van der Waals surface area contributed by atoms with E-state index < -0.39 is 12.1 Å². The Morgan fingerprint density at radius 2 is 2.00 bits per heavy atom. The number of hydrogen-bond donors (Lipinski definition) is 0. The molecule has 4 rings (SSSR count). The van der Waals surface area contributed by atoms with E-state index >= 15 is 0 Å². The van der Waals surface area contributed by atoms with Crippen molar-refractivity contribution in [2.24, 2.45) is 0 Å². The summed E-state index contributed by atoms with van der Waals surface area (Å²) in [4.78, 5) is 26.8. The SMILES string of the molecule is CC1c2cccn2CCN1C(=O)C1Cc2ccccc2C(=O)O1. The molecular weight excluding hydrogens is 292 g/mol. The minimum atomic E-state index is -0.721. The van der Waals surface area contributed by atoms with Gasteiger partial charge in [-0.1, -0.05) is 18.2 Å². The number of esters is 1. The maximum absolute atomic E-state index is 12.9. The molecule has 2 aliphatic rings. The van der Waals surface area contributed by atoms with Gasteiger partial charge < -0.3 is 14.2 Å². The zero-order valence-electron chi connectivity index (χ0n) is 12.9. The summed E-state index contributed by atoms with van der Waals surface area (Å²) >= 11 is 0. The van der Waals surface area contributed by atoms with E-state index in [0.29, 0.717) is 18.5 Å². The minimum Gasteiger partial charge on any atom is -0.448 e. The van der Waals surface area contributed by atoms with Crippen LogP contribution in [-0.2, 0) is 22.5 Å². The van der Waals surface area contributed by atoms with Gasteiger partial charge in [0.05, 0.1) is 11.6 Å². The van der Waals surface area contributed by atoms with Gasteiger partial charge in [0.1, 0.15) is 0 Å². The van der Waals surface area contributed by atoms with Crippen molar-refractivity contribution in [1.29, 1.82) is 0 Å². The van der Waals surface area contributed by atoms with E-state index in [0.717, 1.165) is 17.8 Å². The number of nitrogens with zero attached hydrogens (tertiary/aromatic N) is 2. The number of carbonyl (C=O) groups is 2. The Balaban J connectivity index is 1.58. The topological polar surface area (TPSA) is 51.5 Å². The lowest BCUT2D eigenvalue weighted by Gasteiger charge is -2.37. The molecule has 0 saturated carbocycles. The molecule has 0 bridgehead atoms. The summed E-state index contributed by atoms with van der Waals surface area (Å²) in [7, 11) is 0. The molecule has 23 heavy (non-hydrogen) atoms. The van der Waals surface area contributed by atoms with Crippen molar-refractivity contribution in [2.45, 2.75) is 32.0 Å². The van der Waals surface area contributed by atoms with Gasteiger partial charge in [0.15, 0.2) is 6.10 Å². The van der Waals surface area contributed by atoms with Gasteiger partial charge in [0, 0.05) is 31.4 Å². The quantitative estimate of drug-likeness (QED) is 0.759. The summed E-state index contributed by atoms with van der Waals surface area (Å²) in [6.45, 7) is 3.43. The Kier molecular flexibility index (Phi) is 3.22. The number of fused-ring (bicyclic) bond motifs is 2. The first kappa shape index (κ1) is 14.1. The van der Waals surface area contributed by atoms with E-state index in [4.69, 9.17) is 4.74 Å². The summed E-state index contributed by atoms with van der Waals surface area (Å²) in [6, 6.07) is 11.3. The third-order valence-corrected chi connectivity index (χ3v) is 4.79. The third kappa shape index (κ3) is 2.23. The Morgan fingerprint density at radius 1 is 1.17 bits per heavy atom. The Morgan fingerprint density at radius 3 is 2.87 bits per heavy atom. The van der Waals surface area contributed by atoms with Gasteiger partial charge in [0.25, 0.3) is 5.91 Å². The summed E-state index contributed by atoms with van der Waals surface area (Å²) in [6.07, 6.45) is 1.76. The Hall–Kier alpha value is -2.56. The van der Waals surface area contributed by atoms with Crippen molar-refractivity contribution in [3.8, 4) is 0 Å². The average molecular weight is 310 g/mol. The molecule has 2 aromatic rings. The maximum Gasteiger partial charge on any atom is 0.339 e. The van der Waals surface area contributed by atoms with E-state index in [-0.39, 0.29) is 11.9 Å². The van der Waals surface area contributed by atoms with Crippen LogP contribution in [0.5, 0.6) is 0 Å². The van der Waals surface area contributed by atoms with Crippen molar-refractivity contribution in [3.63, 3.8) is 0 Å². The smallest absolute Gasteiger partial charge is 0.339 e. The van der Waals surface area contributed by atoms with Crippen molar-refractivity contribution < 1.29 is 14.3 Å². The second kappa shape index (κ2) is 5.26. The fourth-order valence-electron chi connectivity index (χ4n) is 3.53. The highest BCUT2D eigenvalue weighted by molar-refractivity contribution is 5.95. The van der Waals surface area contributed by atoms with Gasteiger partial charge in [-0.2, -0.15) is 0 Å². The molecule has 5 nitrogen and oxygen atoms in total.